The number of hydrogen-bond acceptors (Lipinski definition) is 3. The number of carbonyl (C=O) groups is 2. The van der Waals surface area contributed by atoms with Crippen molar-refractivity contribution < 1.29 is 27.5 Å². The second kappa shape index (κ2) is 12.1. The van der Waals surface area contributed by atoms with Gasteiger partial charge in [0.25, 0.3) is 5.91 Å². The maximum Gasteiger partial charge on any atom is 0.416 e. The fraction of sp³-hybridized carbons (Fsp3) is 0.125. The van der Waals surface area contributed by atoms with Gasteiger partial charge in [0.1, 0.15) is 12.3 Å². The van der Waals surface area contributed by atoms with Crippen LogP contribution in [0.25, 0.3) is 10.9 Å². The van der Waals surface area contributed by atoms with Gasteiger partial charge in [0.2, 0.25) is 5.91 Å². The number of hydrogen-bond donors (Lipinski definition) is 2. The first-order chi connectivity index (χ1) is 19.8. The van der Waals surface area contributed by atoms with Crippen molar-refractivity contribution in [2.45, 2.75) is 19.3 Å². The van der Waals surface area contributed by atoms with Crippen LogP contribution in [-0.2, 0) is 28.9 Å². The van der Waals surface area contributed by atoms with E-state index in [1.54, 1.807) is 18.2 Å². The van der Waals surface area contributed by atoms with Crippen LogP contribution in [0.4, 0.5) is 24.5 Å². The average Bonchev–Trinajstić information content (AvgIpc) is 3.31. The summed E-state index contributed by atoms with van der Waals surface area (Å²) in [6.45, 7) is 0.578. The number of halogens is 3. The van der Waals surface area contributed by atoms with Crippen LogP contribution < -0.4 is 10.6 Å². The Morgan fingerprint density at radius 3 is 2.02 bits per heavy atom. The zero-order valence-corrected chi connectivity index (χ0v) is 21.8. The Hall–Kier alpha value is -4.89. The molecule has 0 unspecified atom stereocenters. The van der Waals surface area contributed by atoms with Crippen molar-refractivity contribution in [2.24, 2.45) is 0 Å². The van der Waals surface area contributed by atoms with Gasteiger partial charge in [-0.25, -0.2) is 0 Å². The molecule has 208 valence electrons. The van der Waals surface area contributed by atoms with Crippen LogP contribution in [-0.4, -0.2) is 23.0 Å². The summed E-state index contributed by atoms with van der Waals surface area (Å²) in [6.07, 6.45) is -4.47. The Balaban J connectivity index is 1.35. The van der Waals surface area contributed by atoms with Gasteiger partial charge in [-0.1, -0.05) is 60.7 Å². The van der Waals surface area contributed by atoms with Gasteiger partial charge in [-0.15, -0.1) is 0 Å². The van der Waals surface area contributed by atoms with Crippen LogP contribution in [0, 0.1) is 0 Å². The lowest BCUT2D eigenvalue weighted by atomic mass is 10.2. The SMILES string of the molecule is O=C(COCc1ccccc1)Nc1ccc2c(c1)cc(C(=O)Nc1ccc(C(F)(F)F)cc1)n2Cc1ccccc1. The number of ether oxygens (including phenoxy) is 1. The number of benzene rings is 4. The predicted octanol–water partition coefficient (Wildman–Crippen LogP) is 7.12. The molecular weight excluding hydrogens is 531 g/mol. The largest absolute Gasteiger partial charge is 0.416 e. The highest BCUT2D eigenvalue weighted by molar-refractivity contribution is 6.07. The summed E-state index contributed by atoms with van der Waals surface area (Å²) < 4.78 is 46.2. The van der Waals surface area contributed by atoms with Crippen molar-refractivity contribution in [1.82, 2.24) is 4.57 Å². The highest BCUT2D eigenvalue weighted by Crippen LogP contribution is 2.30. The van der Waals surface area contributed by atoms with E-state index in [0.29, 0.717) is 29.9 Å². The van der Waals surface area contributed by atoms with Gasteiger partial charge in [-0.3, -0.25) is 9.59 Å². The molecule has 0 atom stereocenters. The Kier molecular flexibility index (Phi) is 8.16. The molecule has 4 aromatic carbocycles. The van der Waals surface area contributed by atoms with E-state index < -0.39 is 17.6 Å². The summed E-state index contributed by atoms with van der Waals surface area (Å²) in [5.41, 5.74) is 2.97. The van der Waals surface area contributed by atoms with E-state index >= 15 is 0 Å². The third kappa shape index (κ3) is 7.01. The van der Waals surface area contributed by atoms with Crippen LogP contribution in [0.2, 0.25) is 0 Å². The quantitative estimate of drug-likeness (QED) is 0.203. The number of rotatable bonds is 9. The molecule has 0 saturated heterocycles. The standard InChI is InChI=1S/C32H26F3N3O3/c33-32(34,35)25-11-13-26(14-12-25)37-31(40)29-18-24-17-27(36-30(39)21-41-20-23-9-5-2-6-10-23)15-16-28(24)38(29)19-22-7-3-1-4-8-22/h1-18H,19-21H2,(H,36,39)(H,37,40). The summed E-state index contributed by atoms with van der Waals surface area (Å²) >= 11 is 0. The summed E-state index contributed by atoms with van der Waals surface area (Å²) in [5, 5.41) is 6.22. The fourth-order valence-electron chi connectivity index (χ4n) is 4.44. The van der Waals surface area contributed by atoms with Gasteiger partial charge in [0, 0.05) is 28.8 Å². The second-order valence-corrected chi connectivity index (χ2v) is 9.43. The number of carbonyl (C=O) groups excluding carboxylic acids is 2. The van der Waals surface area contributed by atoms with Crippen LogP contribution in [0.1, 0.15) is 27.2 Å². The van der Waals surface area contributed by atoms with Crippen LogP contribution in [0.3, 0.4) is 0 Å². The minimum atomic E-state index is -4.47. The molecule has 0 saturated carbocycles. The molecule has 5 aromatic rings. The number of fused-ring (bicyclic) bond motifs is 1. The van der Waals surface area contributed by atoms with E-state index in [1.165, 1.54) is 12.1 Å². The highest BCUT2D eigenvalue weighted by atomic mass is 19.4. The maximum atomic E-state index is 13.3. The summed E-state index contributed by atoms with van der Waals surface area (Å²) in [4.78, 5) is 25.8. The second-order valence-electron chi connectivity index (χ2n) is 9.43. The molecule has 0 bridgehead atoms. The van der Waals surface area contributed by atoms with Crippen LogP contribution in [0.5, 0.6) is 0 Å². The molecule has 6 nitrogen and oxygen atoms in total. The third-order valence-corrected chi connectivity index (χ3v) is 6.42. The number of anilines is 2. The minimum Gasteiger partial charge on any atom is -0.367 e. The zero-order valence-electron chi connectivity index (χ0n) is 21.8. The molecule has 2 N–H and O–H groups in total. The molecule has 0 aliphatic heterocycles. The topological polar surface area (TPSA) is 72.4 Å². The Bertz CT molecular complexity index is 1650. The monoisotopic (exact) mass is 557 g/mol. The van der Waals surface area contributed by atoms with Gasteiger partial charge in [-0.05, 0) is 59.7 Å². The fourth-order valence-corrected chi connectivity index (χ4v) is 4.44. The lowest BCUT2D eigenvalue weighted by Crippen LogP contribution is -2.18. The molecule has 0 aliphatic carbocycles. The van der Waals surface area contributed by atoms with E-state index in [-0.39, 0.29) is 18.2 Å². The van der Waals surface area contributed by atoms with E-state index in [2.05, 4.69) is 10.6 Å². The number of amides is 2. The number of aromatic nitrogens is 1. The van der Waals surface area contributed by atoms with E-state index in [1.807, 2.05) is 71.3 Å². The highest BCUT2D eigenvalue weighted by Gasteiger charge is 2.30. The first kappa shape index (κ1) is 27.7. The molecule has 1 heterocycles. The molecule has 41 heavy (non-hydrogen) atoms. The summed E-state index contributed by atoms with van der Waals surface area (Å²) in [5.74, 6) is -0.791. The molecule has 0 fully saturated rings. The minimum absolute atomic E-state index is 0.122. The Morgan fingerprint density at radius 1 is 0.732 bits per heavy atom. The van der Waals surface area contributed by atoms with E-state index in [0.717, 1.165) is 28.8 Å². The van der Waals surface area contributed by atoms with Crippen molar-refractivity contribution >= 4 is 34.1 Å². The zero-order chi connectivity index (χ0) is 28.8. The molecule has 0 spiro atoms. The first-order valence-electron chi connectivity index (χ1n) is 12.8. The van der Waals surface area contributed by atoms with Crippen LogP contribution in [0.15, 0.2) is 109 Å². The van der Waals surface area contributed by atoms with E-state index in [4.69, 9.17) is 4.74 Å². The van der Waals surface area contributed by atoms with Gasteiger partial charge in [-0.2, -0.15) is 13.2 Å². The number of nitrogens with one attached hydrogen (secondary N) is 2. The van der Waals surface area contributed by atoms with Gasteiger partial charge >= 0.3 is 6.18 Å². The summed E-state index contributed by atoms with van der Waals surface area (Å²) in [7, 11) is 0. The third-order valence-electron chi connectivity index (χ3n) is 6.42. The molecule has 9 heteroatoms. The summed E-state index contributed by atoms with van der Waals surface area (Å²) in [6, 6.07) is 30.4. The molecule has 0 radical (unpaired) electrons. The molecule has 0 aliphatic rings. The molecule has 5 rings (SSSR count). The van der Waals surface area contributed by atoms with Crippen molar-refractivity contribution in [3.8, 4) is 0 Å². The number of nitrogens with zero attached hydrogens (tertiary/aromatic N) is 1. The van der Waals surface area contributed by atoms with Gasteiger partial charge in [0.05, 0.1) is 12.2 Å². The van der Waals surface area contributed by atoms with Gasteiger partial charge < -0.3 is 19.9 Å². The lowest BCUT2D eigenvalue weighted by Gasteiger charge is -2.13. The lowest BCUT2D eigenvalue weighted by molar-refractivity contribution is -0.137. The van der Waals surface area contributed by atoms with Gasteiger partial charge in [0.15, 0.2) is 0 Å². The van der Waals surface area contributed by atoms with Crippen molar-refractivity contribution in [3.63, 3.8) is 0 Å². The van der Waals surface area contributed by atoms with Crippen molar-refractivity contribution in [1.29, 1.82) is 0 Å². The molecule has 2 amide bonds. The van der Waals surface area contributed by atoms with Crippen molar-refractivity contribution in [2.75, 3.05) is 17.2 Å². The predicted molar refractivity (Wildman–Crippen MR) is 152 cm³/mol. The molecular formula is C32H26F3N3O3. The average molecular weight is 558 g/mol. The number of alkyl halides is 3. The first-order valence-corrected chi connectivity index (χ1v) is 12.8. The Morgan fingerprint density at radius 2 is 1.37 bits per heavy atom. The molecule has 1 aromatic heterocycles. The van der Waals surface area contributed by atoms with Crippen LogP contribution >= 0.6 is 0 Å². The smallest absolute Gasteiger partial charge is 0.367 e. The van der Waals surface area contributed by atoms with E-state index in [9.17, 15) is 22.8 Å². The maximum absolute atomic E-state index is 13.3. The van der Waals surface area contributed by atoms with Crippen molar-refractivity contribution in [3.05, 3.63) is 132 Å². The Labute approximate surface area is 234 Å². The normalized spacial score (nSPS) is 11.4.